The minimum Gasteiger partial charge on any atom is -0.385 e. The smallest absolute Gasteiger partial charge is 0.346 e. The number of amidine groups is 1. The molecule has 2 unspecified atom stereocenters. The van der Waals surface area contributed by atoms with Crippen molar-refractivity contribution < 1.29 is 4.79 Å². The van der Waals surface area contributed by atoms with E-state index in [4.69, 9.17) is 12.2 Å². The fraction of sp³-hybridized carbons (Fsp3) is 0.714. The third kappa shape index (κ3) is 1.61. The third-order valence-electron chi connectivity index (χ3n) is 4.74. The summed E-state index contributed by atoms with van der Waals surface area (Å²) in [7, 11) is 0. The number of nitrogens with zero attached hydrogens (tertiary/aromatic N) is 2. The first kappa shape index (κ1) is 11.6. The summed E-state index contributed by atoms with van der Waals surface area (Å²) in [5.41, 5.74) is 5.69. The number of hydrogen-bond acceptors (Lipinski definition) is 2. The van der Waals surface area contributed by atoms with Crippen LogP contribution in [-0.4, -0.2) is 28.9 Å². The number of amides is 2. The van der Waals surface area contributed by atoms with Gasteiger partial charge >= 0.3 is 6.03 Å². The molecule has 4 nitrogen and oxygen atoms in total. The maximum absolute atomic E-state index is 11.9. The van der Waals surface area contributed by atoms with Gasteiger partial charge in [0.25, 0.3) is 0 Å². The molecule has 2 N–H and O–H groups in total. The van der Waals surface area contributed by atoms with E-state index in [9.17, 15) is 4.79 Å². The molecule has 96 valence electrons. The van der Waals surface area contributed by atoms with E-state index in [1.54, 1.807) is 4.90 Å². The second-order valence-electron chi connectivity index (χ2n) is 5.80. The Morgan fingerprint density at radius 1 is 1.44 bits per heavy atom. The number of rotatable bonds is 2. The molecule has 1 spiro atoms. The van der Waals surface area contributed by atoms with E-state index in [0.29, 0.717) is 18.3 Å². The summed E-state index contributed by atoms with van der Waals surface area (Å²) in [6.07, 6.45) is 12.3. The normalized spacial score (nSPS) is 35.7. The highest BCUT2D eigenvalue weighted by molar-refractivity contribution is 6.06. The van der Waals surface area contributed by atoms with Crippen LogP contribution in [0.5, 0.6) is 0 Å². The molecule has 3 aliphatic rings. The van der Waals surface area contributed by atoms with E-state index in [1.165, 1.54) is 19.3 Å². The zero-order chi connectivity index (χ0) is 12.8. The van der Waals surface area contributed by atoms with Gasteiger partial charge in [0.1, 0.15) is 11.4 Å². The van der Waals surface area contributed by atoms with E-state index in [1.807, 2.05) is 0 Å². The first-order valence-electron chi connectivity index (χ1n) is 6.77. The van der Waals surface area contributed by atoms with Gasteiger partial charge in [-0.05, 0) is 43.9 Å². The van der Waals surface area contributed by atoms with Crippen molar-refractivity contribution >= 4 is 11.9 Å². The minimum atomic E-state index is -0.366. The van der Waals surface area contributed by atoms with Gasteiger partial charge in [-0.25, -0.2) is 4.79 Å². The molecule has 0 saturated heterocycles. The number of aliphatic imine (C=N–C) groups is 1. The van der Waals surface area contributed by atoms with Crippen molar-refractivity contribution in [3.05, 3.63) is 0 Å². The topological polar surface area (TPSA) is 58.7 Å². The molecule has 0 bridgehead atoms. The van der Waals surface area contributed by atoms with Crippen LogP contribution in [0.25, 0.3) is 0 Å². The van der Waals surface area contributed by atoms with Crippen molar-refractivity contribution in [2.75, 3.05) is 6.54 Å². The summed E-state index contributed by atoms with van der Waals surface area (Å²) >= 11 is 0. The molecule has 2 aliphatic carbocycles. The summed E-state index contributed by atoms with van der Waals surface area (Å²) in [6, 6.07) is -0.248. The van der Waals surface area contributed by atoms with Crippen molar-refractivity contribution in [2.45, 2.75) is 44.1 Å². The molecule has 0 aromatic heterocycles. The van der Waals surface area contributed by atoms with Crippen molar-refractivity contribution in [3.63, 3.8) is 0 Å². The highest BCUT2D eigenvalue weighted by Crippen LogP contribution is 2.49. The van der Waals surface area contributed by atoms with E-state index >= 15 is 0 Å². The lowest BCUT2D eigenvalue weighted by atomic mass is 9.72. The van der Waals surface area contributed by atoms with Crippen molar-refractivity contribution in [1.29, 1.82) is 0 Å². The quantitative estimate of drug-likeness (QED) is 0.753. The van der Waals surface area contributed by atoms with Gasteiger partial charge in [0.2, 0.25) is 0 Å². The van der Waals surface area contributed by atoms with Crippen molar-refractivity contribution in [3.8, 4) is 12.3 Å². The molecule has 18 heavy (non-hydrogen) atoms. The van der Waals surface area contributed by atoms with Crippen LogP contribution in [0.2, 0.25) is 0 Å². The van der Waals surface area contributed by atoms with Crippen LogP contribution in [0.15, 0.2) is 4.99 Å². The van der Waals surface area contributed by atoms with Crippen molar-refractivity contribution in [1.82, 2.24) is 4.90 Å². The molecule has 2 saturated carbocycles. The lowest BCUT2D eigenvalue weighted by Crippen LogP contribution is -2.56. The molecule has 0 aromatic rings. The summed E-state index contributed by atoms with van der Waals surface area (Å²) in [5, 5.41) is 0. The highest BCUT2D eigenvalue weighted by atomic mass is 16.2. The Labute approximate surface area is 108 Å². The monoisotopic (exact) mass is 245 g/mol. The van der Waals surface area contributed by atoms with Crippen molar-refractivity contribution in [2.24, 2.45) is 22.6 Å². The molecular formula is C14H19N3O. The van der Waals surface area contributed by atoms with Gasteiger partial charge in [-0.15, -0.1) is 6.42 Å². The van der Waals surface area contributed by atoms with E-state index in [2.05, 4.69) is 10.9 Å². The Morgan fingerprint density at radius 2 is 2.22 bits per heavy atom. The number of nitrogens with two attached hydrogens (primary N) is 1. The first-order chi connectivity index (χ1) is 8.67. The van der Waals surface area contributed by atoms with E-state index in [0.717, 1.165) is 25.2 Å². The summed E-state index contributed by atoms with van der Waals surface area (Å²) < 4.78 is 0. The highest BCUT2D eigenvalue weighted by Gasteiger charge is 2.52. The number of carbonyl (C=O) groups is 1. The van der Waals surface area contributed by atoms with E-state index < -0.39 is 0 Å². The second-order valence-corrected chi connectivity index (χ2v) is 5.80. The number of hydrogen-bond donors (Lipinski definition) is 1. The molecule has 0 aromatic carbocycles. The van der Waals surface area contributed by atoms with Crippen LogP contribution in [0, 0.1) is 24.2 Å². The molecule has 2 amide bonds. The lowest BCUT2D eigenvalue weighted by Gasteiger charge is -2.43. The Bertz CT molecular complexity index is 446. The number of carbonyl (C=O) groups excluding carboxylic acids is 1. The van der Waals surface area contributed by atoms with Crippen LogP contribution in [-0.2, 0) is 0 Å². The van der Waals surface area contributed by atoms with Gasteiger partial charge in [0, 0.05) is 0 Å². The zero-order valence-corrected chi connectivity index (χ0v) is 10.6. The molecule has 1 aliphatic heterocycles. The lowest BCUT2D eigenvalue weighted by molar-refractivity contribution is 0.123. The van der Waals surface area contributed by atoms with E-state index in [-0.39, 0.29) is 11.6 Å². The molecule has 3 rings (SSSR count). The summed E-state index contributed by atoms with van der Waals surface area (Å²) in [5.74, 6) is 4.60. The standard InChI is InChI=1S/C14H19N3O/c1-2-8-17-13(18)16-12(15)14(17)7-3-4-11(9-14)10-5-6-10/h1,10-11H,3-9H2,(H2,15,16,18). The van der Waals surface area contributed by atoms with Crippen LogP contribution in [0.4, 0.5) is 4.79 Å². The summed E-state index contributed by atoms with van der Waals surface area (Å²) in [4.78, 5) is 17.6. The SMILES string of the molecule is C#CCN1C(=O)N=C(N)C12CCCC(C1CC1)C2. The van der Waals surface area contributed by atoms with Gasteiger partial charge in [-0.2, -0.15) is 4.99 Å². The van der Waals surface area contributed by atoms with Crippen LogP contribution in [0.3, 0.4) is 0 Å². The second kappa shape index (κ2) is 4.01. The van der Waals surface area contributed by atoms with Gasteiger partial charge in [0.05, 0.1) is 6.54 Å². The Kier molecular flexibility index (Phi) is 2.58. The van der Waals surface area contributed by atoms with Crippen LogP contribution < -0.4 is 5.73 Å². The largest absolute Gasteiger partial charge is 0.385 e. The molecule has 0 radical (unpaired) electrons. The molecule has 2 atom stereocenters. The van der Waals surface area contributed by atoms with Gasteiger partial charge in [0.15, 0.2) is 0 Å². The fourth-order valence-electron chi connectivity index (χ4n) is 3.64. The Morgan fingerprint density at radius 3 is 2.89 bits per heavy atom. The fourth-order valence-corrected chi connectivity index (χ4v) is 3.64. The average Bonchev–Trinajstić information content (AvgIpc) is 3.16. The Balaban J connectivity index is 1.88. The maximum atomic E-state index is 11.9. The predicted octanol–water partition coefficient (Wildman–Crippen LogP) is 1.75. The van der Waals surface area contributed by atoms with Gasteiger partial charge < -0.3 is 5.73 Å². The third-order valence-corrected chi connectivity index (χ3v) is 4.74. The zero-order valence-electron chi connectivity index (χ0n) is 10.6. The predicted molar refractivity (Wildman–Crippen MR) is 70.0 cm³/mol. The first-order valence-corrected chi connectivity index (χ1v) is 6.77. The van der Waals surface area contributed by atoms with Crippen LogP contribution in [0.1, 0.15) is 38.5 Å². The Hall–Kier alpha value is -1.50. The summed E-state index contributed by atoms with van der Waals surface area (Å²) in [6.45, 7) is 0.320. The molecule has 4 heteroatoms. The number of urea groups is 1. The van der Waals surface area contributed by atoms with Gasteiger partial charge in [-0.1, -0.05) is 12.3 Å². The molecule has 1 heterocycles. The maximum Gasteiger partial charge on any atom is 0.346 e. The van der Waals surface area contributed by atoms with Crippen LogP contribution >= 0.6 is 0 Å². The number of terminal acetylenes is 1. The molecule has 2 fully saturated rings. The average molecular weight is 245 g/mol. The van der Waals surface area contributed by atoms with Gasteiger partial charge in [-0.3, -0.25) is 4.90 Å². The molecular weight excluding hydrogens is 226 g/mol. The minimum absolute atomic E-state index is 0.248.